The van der Waals surface area contributed by atoms with Gasteiger partial charge >= 0.3 is 0 Å². The number of carbonyl (C=O) groups excluding carboxylic acids is 1. The third-order valence-corrected chi connectivity index (χ3v) is 5.47. The number of aromatic hydroxyl groups is 1. The molecule has 3 aromatic rings. The Morgan fingerprint density at radius 3 is 2.33 bits per heavy atom. The molecule has 156 valence electrons. The van der Waals surface area contributed by atoms with Crippen LogP contribution in [0, 0.1) is 6.92 Å². The zero-order valence-electron chi connectivity index (χ0n) is 17.5. The monoisotopic (exact) mass is 407 g/mol. The summed E-state index contributed by atoms with van der Waals surface area (Å²) in [5.74, 6) is 0.430. The van der Waals surface area contributed by atoms with Gasteiger partial charge in [0.05, 0.1) is 26.0 Å². The lowest BCUT2D eigenvalue weighted by atomic mass is 9.95. The van der Waals surface area contributed by atoms with Gasteiger partial charge in [-0.25, -0.2) is 0 Å². The number of hydrogen-bond donors (Lipinski definition) is 2. The lowest BCUT2D eigenvalue weighted by Crippen LogP contribution is -2.30. The molecule has 4 rings (SSSR count). The zero-order valence-corrected chi connectivity index (χ0v) is 17.5. The molecule has 2 N–H and O–H groups in total. The highest BCUT2D eigenvalue weighted by atomic mass is 16.5. The molecule has 0 bridgehead atoms. The highest BCUT2D eigenvalue weighted by Gasteiger charge is 2.42. The predicted molar refractivity (Wildman–Crippen MR) is 113 cm³/mol. The fourth-order valence-corrected chi connectivity index (χ4v) is 4.02. The Morgan fingerprint density at radius 2 is 1.77 bits per heavy atom. The van der Waals surface area contributed by atoms with Crippen LogP contribution in [0.2, 0.25) is 0 Å². The smallest absolute Gasteiger partial charge is 0.273 e. The van der Waals surface area contributed by atoms with Gasteiger partial charge in [0.2, 0.25) is 5.75 Å². The van der Waals surface area contributed by atoms with Crippen LogP contribution in [0.1, 0.15) is 46.6 Å². The van der Waals surface area contributed by atoms with Crippen molar-refractivity contribution in [3.05, 3.63) is 58.8 Å². The quantitative estimate of drug-likeness (QED) is 0.643. The maximum absolute atomic E-state index is 13.2. The van der Waals surface area contributed by atoms with Crippen LogP contribution in [0.5, 0.6) is 17.2 Å². The summed E-state index contributed by atoms with van der Waals surface area (Å²) in [7, 11) is 2.98. The number of amides is 1. The van der Waals surface area contributed by atoms with Crippen molar-refractivity contribution in [3.63, 3.8) is 0 Å². The number of carbonyl (C=O) groups is 1. The number of rotatable bonds is 6. The SMILES string of the molecule is CCCN1C(=O)c2[nH]nc(-c3ccc(C)cc3)c2C1c1cc(OC)c(O)c(OC)c1. The molecule has 7 nitrogen and oxygen atoms in total. The minimum Gasteiger partial charge on any atom is -0.502 e. The van der Waals surface area contributed by atoms with Crippen molar-refractivity contribution < 1.29 is 19.4 Å². The van der Waals surface area contributed by atoms with E-state index >= 15 is 0 Å². The van der Waals surface area contributed by atoms with Crippen molar-refractivity contribution in [3.8, 4) is 28.5 Å². The highest BCUT2D eigenvalue weighted by molar-refractivity contribution is 6.00. The Morgan fingerprint density at radius 1 is 1.13 bits per heavy atom. The molecule has 0 spiro atoms. The second kappa shape index (κ2) is 7.74. The maximum atomic E-state index is 13.2. The van der Waals surface area contributed by atoms with E-state index in [0.29, 0.717) is 23.7 Å². The fraction of sp³-hybridized carbons (Fsp3) is 0.304. The van der Waals surface area contributed by atoms with E-state index in [0.717, 1.165) is 34.4 Å². The van der Waals surface area contributed by atoms with Gasteiger partial charge in [-0.1, -0.05) is 36.8 Å². The Bertz CT molecular complexity index is 1060. The van der Waals surface area contributed by atoms with Crippen molar-refractivity contribution in [1.82, 2.24) is 15.1 Å². The van der Waals surface area contributed by atoms with E-state index in [-0.39, 0.29) is 17.7 Å². The molecule has 1 atom stereocenters. The Hall–Kier alpha value is -3.48. The van der Waals surface area contributed by atoms with Gasteiger partial charge in [-0.05, 0) is 31.0 Å². The number of methoxy groups -OCH3 is 2. The van der Waals surface area contributed by atoms with Gasteiger partial charge in [-0.3, -0.25) is 9.89 Å². The van der Waals surface area contributed by atoms with Crippen molar-refractivity contribution in [2.75, 3.05) is 20.8 Å². The number of aromatic nitrogens is 2. The van der Waals surface area contributed by atoms with E-state index in [4.69, 9.17) is 9.47 Å². The largest absolute Gasteiger partial charge is 0.502 e. The van der Waals surface area contributed by atoms with E-state index < -0.39 is 0 Å². The lowest BCUT2D eigenvalue weighted by Gasteiger charge is -2.26. The predicted octanol–water partition coefficient (Wildman–Crippen LogP) is 4.06. The lowest BCUT2D eigenvalue weighted by molar-refractivity contribution is 0.0743. The van der Waals surface area contributed by atoms with Crippen LogP contribution in [0.3, 0.4) is 0 Å². The fourth-order valence-electron chi connectivity index (χ4n) is 4.02. The molecular formula is C23H25N3O4. The minimum atomic E-state index is -0.370. The van der Waals surface area contributed by atoms with E-state index in [1.165, 1.54) is 14.2 Å². The Labute approximate surface area is 175 Å². The molecule has 1 unspecified atom stereocenters. The molecule has 0 fully saturated rings. The van der Waals surface area contributed by atoms with Gasteiger partial charge in [0.15, 0.2) is 11.5 Å². The van der Waals surface area contributed by atoms with Gasteiger partial charge < -0.3 is 19.5 Å². The third kappa shape index (κ3) is 3.07. The van der Waals surface area contributed by atoms with Gasteiger partial charge in [0.1, 0.15) is 5.69 Å². The van der Waals surface area contributed by atoms with E-state index in [1.807, 2.05) is 43.0 Å². The first-order valence-electron chi connectivity index (χ1n) is 9.91. The second-order valence-electron chi connectivity index (χ2n) is 7.40. The van der Waals surface area contributed by atoms with Crippen LogP contribution in [0.25, 0.3) is 11.3 Å². The normalized spacial score (nSPS) is 15.4. The average Bonchev–Trinajstić information content (AvgIpc) is 3.29. The van der Waals surface area contributed by atoms with Crippen molar-refractivity contribution >= 4 is 5.91 Å². The topological polar surface area (TPSA) is 87.7 Å². The van der Waals surface area contributed by atoms with Crippen LogP contribution >= 0.6 is 0 Å². The molecule has 2 aromatic carbocycles. The number of phenolic OH excluding ortho intramolecular Hbond substituents is 1. The third-order valence-electron chi connectivity index (χ3n) is 5.47. The van der Waals surface area contributed by atoms with E-state index in [1.54, 1.807) is 12.1 Å². The first-order valence-corrected chi connectivity index (χ1v) is 9.91. The molecule has 2 heterocycles. The summed E-state index contributed by atoms with van der Waals surface area (Å²) in [6, 6.07) is 11.2. The Kier molecular flexibility index (Phi) is 5.11. The molecule has 0 saturated heterocycles. The van der Waals surface area contributed by atoms with Crippen molar-refractivity contribution in [2.45, 2.75) is 26.3 Å². The summed E-state index contributed by atoms with van der Waals surface area (Å²) in [4.78, 5) is 15.0. The summed E-state index contributed by atoms with van der Waals surface area (Å²) in [6.45, 7) is 4.65. The zero-order chi connectivity index (χ0) is 21.4. The number of aryl methyl sites for hydroxylation is 1. The van der Waals surface area contributed by atoms with Crippen LogP contribution in [-0.4, -0.2) is 46.9 Å². The van der Waals surface area contributed by atoms with Crippen LogP contribution < -0.4 is 9.47 Å². The number of hydrogen-bond acceptors (Lipinski definition) is 5. The summed E-state index contributed by atoms with van der Waals surface area (Å²) < 4.78 is 10.7. The summed E-state index contributed by atoms with van der Waals surface area (Å²) in [6.07, 6.45) is 0.812. The van der Waals surface area contributed by atoms with Crippen LogP contribution in [0.4, 0.5) is 0 Å². The first kappa shape index (κ1) is 19.8. The van der Waals surface area contributed by atoms with Gasteiger partial charge in [0, 0.05) is 17.7 Å². The molecule has 0 saturated carbocycles. The molecule has 1 aliphatic heterocycles. The second-order valence-corrected chi connectivity index (χ2v) is 7.40. The molecule has 1 amide bonds. The molecule has 0 radical (unpaired) electrons. The summed E-state index contributed by atoms with van der Waals surface area (Å²) in [5.41, 5.74) is 4.94. The summed E-state index contributed by atoms with van der Waals surface area (Å²) in [5, 5.41) is 17.8. The number of H-pyrrole nitrogens is 1. The number of benzene rings is 2. The summed E-state index contributed by atoms with van der Waals surface area (Å²) >= 11 is 0. The van der Waals surface area contributed by atoms with Gasteiger partial charge in [0.25, 0.3) is 5.91 Å². The number of phenols is 1. The highest BCUT2D eigenvalue weighted by Crippen LogP contribution is 2.47. The standard InChI is InChI=1S/C23H25N3O4/c1-5-10-26-21(15-11-16(29-3)22(27)17(12-15)30-4)18-19(24-25-20(18)23(26)28)14-8-6-13(2)7-9-14/h6-9,11-12,21,27H,5,10H2,1-4H3,(H,24,25). The maximum Gasteiger partial charge on any atom is 0.273 e. The number of nitrogens with zero attached hydrogens (tertiary/aromatic N) is 2. The van der Waals surface area contributed by atoms with Crippen LogP contribution in [-0.2, 0) is 0 Å². The van der Waals surface area contributed by atoms with Crippen molar-refractivity contribution in [1.29, 1.82) is 0 Å². The van der Waals surface area contributed by atoms with Crippen molar-refractivity contribution in [2.24, 2.45) is 0 Å². The average molecular weight is 407 g/mol. The molecule has 1 aliphatic rings. The van der Waals surface area contributed by atoms with Crippen LogP contribution in [0.15, 0.2) is 36.4 Å². The first-order chi connectivity index (χ1) is 14.5. The minimum absolute atomic E-state index is 0.0682. The number of fused-ring (bicyclic) bond motifs is 1. The van der Waals surface area contributed by atoms with E-state index in [2.05, 4.69) is 10.2 Å². The molecule has 1 aromatic heterocycles. The number of nitrogens with one attached hydrogen (secondary N) is 1. The van der Waals surface area contributed by atoms with Gasteiger partial charge in [-0.15, -0.1) is 0 Å². The molecule has 0 aliphatic carbocycles. The van der Waals surface area contributed by atoms with Gasteiger partial charge in [-0.2, -0.15) is 5.10 Å². The molecule has 30 heavy (non-hydrogen) atoms. The molecule has 7 heteroatoms. The molecular weight excluding hydrogens is 382 g/mol. The Balaban J connectivity index is 1.92. The number of aromatic amines is 1. The number of ether oxygens (including phenoxy) is 2. The van der Waals surface area contributed by atoms with E-state index in [9.17, 15) is 9.90 Å².